The highest BCUT2D eigenvalue weighted by molar-refractivity contribution is 5.94. The van der Waals surface area contributed by atoms with Gasteiger partial charge in [0.25, 0.3) is 5.91 Å². The van der Waals surface area contributed by atoms with Crippen molar-refractivity contribution in [3.8, 4) is 5.75 Å². The van der Waals surface area contributed by atoms with E-state index >= 15 is 0 Å². The average molecular weight is 328 g/mol. The van der Waals surface area contributed by atoms with Gasteiger partial charge in [0.1, 0.15) is 11.8 Å². The molecular weight excluding hydrogens is 308 g/mol. The van der Waals surface area contributed by atoms with E-state index in [2.05, 4.69) is 5.32 Å². The van der Waals surface area contributed by atoms with Gasteiger partial charge in [-0.2, -0.15) is 0 Å². The molecule has 2 rings (SSSR count). The number of ether oxygens (including phenoxy) is 1. The molecule has 0 saturated carbocycles. The Morgan fingerprint density at radius 3 is 2.46 bits per heavy atom. The average Bonchev–Trinajstić information content (AvgIpc) is 2.60. The highest BCUT2D eigenvalue weighted by Gasteiger charge is 2.12. The number of rotatable bonds is 7. The molecule has 6 nitrogen and oxygen atoms in total. The maximum Gasteiger partial charge on any atom is 0.320 e. The van der Waals surface area contributed by atoms with Crippen molar-refractivity contribution in [1.29, 1.82) is 0 Å². The first kappa shape index (κ1) is 17.5. The molecule has 0 heterocycles. The van der Waals surface area contributed by atoms with Crippen molar-refractivity contribution < 1.29 is 19.4 Å². The normalized spacial score (nSPS) is 11.6. The summed E-state index contributed by atoms with van der Waals surface area (Å²) in [5.74, 6) is -0.586. The summed E-state index contributed by atoms with van der Waals surface area (Å²) in [6, 6.07) is 13.3. The van der Waals surface area contributed by atoms with Crippen LogP contribution in [0.25, 0.3) is 0 Å². The molecular formula is C18H20N2O4. The van der Waals surface area contributed by atoms with Crippen LogP contribution in [-0.2, 0) is 17.8 Å². The van der Waals surface area contributed by atoms with E-state index in [0.717, 1.165) is 11.1 Å². The maximum absolute atomic E-state index is 12.1. The van der Waals surface area contributed by atoms with Crippen LogP contribution in [-0.4, -0.2) is 30.1 Å². The minimum absolute atomic E-state index is 0.189. The van der Waals surface area contributed by atoms with Crippen LogP contribution in [0.3, 0.4) is 0 Å². The Labute approximate surface area is 140 Å². The highest BCUT2D eigenvalue weighted by atomic mass is 16.5. The minimum Gasteiger partial charge on any atom is -0.497 e. The van der Waals surface area contributed by atoms with Crippen molar-refractivity contribution in [1.82, 2.24) is 5.32 Å². The van der Waals surface area contributed by atoms with Gasteiger partial charge < -0.3 is 20.9 Å². The number of methoxy groups -OCH3 is 1. The Kier molecular flexibility index (Phi) is 5.92. The van der Waals surface area contributed by atoms with Crippen LogP contribution in [0.2, 0.25) is 0 Å². The van der Waals surface area contributed by atoms with E-state index in [9.17, 15) is 9.59 Å². The van der Waals surface area contributed by atoms with Crippen LogP contribution in [0.1, 0.15) is 21.5 Å². The summed E-state index contributed by atoms with van der Waals surface area (Å²) in [5, 5.41) is 11.6. The van der Waals surface area contributed by atoms with Crippen molar-refractivity contribution in [2.45, 2.75) is 19.0 Å². The van der Waals surface area contributed by atoms with Crippen molar-refractivity contribution in [2.75, 3.05) is 7.11 Å². The van der Waals surface area contributed by atoms with Crippen LogP contribution in [0.4, 0.5) is 0 Å². The molecule has 2 aromatic carbocycles. The van der Waals surface area contributed by atoms with Gasteiger partial charge in [-0.1, -0.05) is 30.3 Å². The maximum atomic E-state index is 12.1. The summed E-state index contributed by atoms with van der Waals surface area (Å²) in [6.07, 6.45) is 0.270. The van der Waals surface area contributed by atoms with Crippen LogP contribution < -0.4 is 15.8 Å². The lowest BCUT2D eigenvalue weighted by Crippen LogP contribution is -2.32. The van der Waals surface area contributed by atoms with Gasteiger partial charge in [0.15, 0.2) is 0 Å². The van der Waals surface area contributed by atoms with Crippen molar-refractivity contribution >= 4 is 11.9 Å². The Morgan fingerprint density at radius 2 is 1.83 bits per heavy atom. The van der Waals surface area contributed by atoms with E-state index < -0.39 is 12.0 Å². The third-order valence-corrected chi connectivity index (χ3v) is 3.58. The van der Waals surface area contributed by atoms with Crippen molar-refractivity contribution in [3.05, 3.63) is 65.2 Å². The lowest BCUT2D eigenvalue weighted by molar-refractivity contribution is -0.138. The van der Waals surface area contributed by atoms with Crippen molar-refractivity contribution in [3.63, 3.8) is 0 Å². The summed E-state index contributed by atoms with van der Waals surface area (Å²) in [4.78, 5) is 22.9. The zero-order chi connectivity index (χ0) is 17.5. The van der Waals surface area contributed by atoms with Crippen LogP contribution >= 0.6 is 0 Å². The van der Waals surface area contributed by atoms with E-state index in [-0.39, 0.29) is 12.3 Å². The lowest BCUT2D eigenvalue weighted by Gasteiger charge is -2.09. The number of nitrogens with two attached hydrogens (primary N) is 1. The van der Waals surface area contributed by atoms with Gasteiger partial charge in [0.05, 0.1) is 7.11 Å². The van der Waals surface area contributed by atoms with E-state index in [1.54, 1.807) is 31.4 Å². The molecule has 24 heavy (non-hydrogen) atoms. The van der Waals surface area contributed by atoms with Gasteiger partial charge >= 0.3 is 5.97 Å². The fourth-order valence-electron chi connectivity index (χ4n) is 2.18. The number of nitrogens with one attached hydrogen (secondary N) is 1. The molecule has 0 aromatic heterocycles. The van der Waals surface area contributed by atoms with Gasteiger partial charge in [-0.05, 0) is 35.7 Å². The summed E-state index contributed by atoms with van der Waals surface area (Å²) in [7, 11) is 1.55. The van der Waals surface area contributed by atoms with Gasteiger partial charge in [-0.3, -0.25) is 9.59 Å². The Bertz CT molecular complexity index is 713. The first-order valence-corrected chi connectivity index (χ1v) is 7.48. The SMILES string of the molecule is COc1cccc(C(=O)NCc2ccc(CC(N)C(=O)O)cc2)c1. The molecule has 1 amide bonds. The molecule has 0 aliphatic heterocycles. The first-order valence-electron chi connectivity index (χ1n) is 7.48. The monoisotopic (exact) mass is 328 g/mol. The molecule has 2 aromatic rings. The lowest BCUT2D eigenvalue weighted by atomic mass is 10.0. The topological polar surface area (TPSA) is 102 Å². The molecule has 0 aliphatic carbocycles. The Hall–Kier alpha value is -2.86. The predicted octanol–water partition coefficient (Wildman–Crippen LogP) is 1.58. The molecule has 0 aliphatic rings. The number of carbonyl (C=O) groups is 2. The third-order valence-electron chi connectivity index (χ3n) is 3.58. The number of amides is 1. The molecule has 126 valence electrons. The minimum atomic E-state index is -1.02. The van der Waals surface area contributed by atoms with Gasteiger partial charge in [-0.15, -0.1) is 0 Å². The molecule has 4 N–H and O–H groups in total. The number of carboxylic acids is 1. The predicted molar refractivity (Wildman–Crippen MR) is 89.9 cm³/mol. The number of hydrogen-bond donors (Lipinski definition) is 3. The second kappa shape index (κ2) is 8.12. The molecule has 0 bridgehead atoms. The quantitative estimate of drug-likeness (QED) is 0.716. The smallest absolute Gasteiger partial charge is 0.320 e. The number of carboxylic acid groups (broad SMARTS) is 1. The number of hydrogen-bond acceptors (Lipinski definition) is 4. The third kappa shape index (κ3) is 4.82. The number of benzene rings is 2. The number of aliphatic carboxylic acids is 1. The summed E-state index contributed by atoms with van der Waals surface area (Å²) in [6.45, 7) is 0.376. The standard InChI is InChI=1S/C18H20N2O4/c1-24-15-4-2-3-14(10-15)17(21)20-11-13-7-5-12(6-8-13)9-16(19)18(22)23/h2-8,10,16H,9,11,19H2,1H3,(H,20,21)(H,22,23). The Morgan fingerprint density at radius 1 is 1.17 bits per heavy atom. The van der Waals surface area contributed by atoms with Crippen LogP contribution in [0.5, 0.6) is 5.75 Å². The molecule has 0 saturated heterocycles. The van der Waals surface area contributed by atoms with E-state index in [0.29, 0.717) is 17.9 Å². The summed E-state index contributed by atoms with van der Waals surface area (Å²) < 4.78 is 5.10. The van der Waals surface area contributed by atoms with Crippen molar-refractivity contribution in [2.24, 2.45) is 5.73 Å². The van der Waals surface area contributed by atoms with Gasteiger partial charge in [0.2, 0.25) is 0 Å². The Balaban J connectivity index is 1.92. The molecule has 0 radical (unpaired) electrons. The largest absolute Gasteiger partial charge is 0.497 e. The second-order valence-electron chi connectivity index (χ2n) is 5.38. The first-order chi connectivity index (χ1) is 11.5. The fourth-order valence-corrected chi connectivity index (χ4v) is 2.18. The molecule has 1 atom stereocenters. The second-order valence-corrected chi connectivity index (χ2v) is 5.38. The zero-order valence-electron chi connectivity index (χ0n) is 13.4. The summed E-state index contributed by atoms with van der Waals surface area (Å²) in [5.41, 5.74) is 7.79. The zero-order valence-corrected chi connectivity index (χ0v) is 13.4. The molecule has 0 fully saturated rings. The van der Waals surface area contributed by atoms with Crippen LogP contribution in [0.15, 0.2) is 48.5 Å². The summed E-state index contributed by atoms with van der Waals surface area (Å²) >= 11 is 0. The molecule has 1 unspecified atom stereocenters. The van der Waals surface area contributed by atoms with Gasteiger partial charge in [0, 0.05) is 12.1 Å². The molecule has 0 spiro atoms. The molecule has 6 heteroatoms. The fraction of sp³-hybridized carbons (Fsp3) is 0.222. The van der Waals surface area contributed by atoms with E-state index in [4.69, 9.17) is 15.6 Å². The van der Waals surface area contributed by atoms with E-state index in [1.807, 2.05) is 24.3 Å². The highest BCUT2D eigenvalue weighted by Crippen LogP contribution is 2.13. The van der Waals surface area contributed by atoms with Crippen LogP contribution in [0, 0.1) is 0 Å². The number of carbonyl (C=O) groups excluding carboxylic acids is 1. The van der Waals surface area contributed by atoms with Gasteiger partial charge in [-0.25, -0.2) is 0 Å². The van der Waals surface area contributed by atoms with E-state index in [1.165, 1.54) is 0 Å².